The highest BCUT2D eigenvalue weighted by atomic mass is 19.4. The number of alkyl halides is 3. The SMILES string of the molecule is Cc1ccc(N(C)CC(/C(N)=N/O)C(F)(F)F)cc1. The highest BCUT2D eigenvalue weighted by molar-refractivity contribution is 5.83. The van der Waals surface area contributed by atoms with Crippen molar-refractivity contribution >= 4 is 11.5 Å². The second-order valence-electron chi connectivity index (χ2n) is 4.34. The van der Waals surface area contributed by atoms with Crippen molar-refractivity contribution in [2.75, 3.05) is 18.5 Å². The first-order valence-electron chi connectivity index (χ1n) is 5.57. The summed E-state index contributed by atoms with van der Waals surface area (Å²) < 4.78 is 38.4. The first-order valence-corrected chi connectivity index (χ1v) is 5.57. The average Bonchev–Trinajstić information content (AvgIpc) is 2.34. The normalized spacial score (nSPS) is 14.3. The van der Waals surface area contributed by atoms with E-state index in [9.17, 15) is 13.2 Å². The number of hydrogen-bond acceptors (Lipinski definition) is 3. The van der Waals surface area contributed by atoms with Crippen LogP contribution in [0.2, 0.25) is 0 Å². The van der Waals surface area contributed by atoms with E-state index >= 15 is 0 Å². The van der Waals surface area contributed by atoms with E-state index in [4.69, 9.17) is 10.9 Å². The maximum Gasteiger partial charge on any atom is 0.400 e. The number of aryl methyl sites for hydroxylation is 1. The van der Waals surface area contributed by atoms with Gasteiger partial charge < -0.3 is 15.8 Å². The Morgan fingerprint density at radius 3 is 2.32 bits per heavy atom. The Bertz CT molecular complexity index is 443. The number of amidine groups is 1. The van der Waals surface area contributed by atoms with E-state index in [1.54, 1.807) is 24.3 Å². The van der Waals surface area contributed by atoms with Crippen molar-refractivity contribution in [1.29, 1.82) is 0 Å². The van der Waals surface area contributed by atoms with E-state index in [-0.39, 0.29) is 0 Å². The number of nitrogens with zero attached hydrogens (tertiary/aromatic N) is 2. The van der Waals surface area contributed by atoms with Gasteiger partial charge in [-0.25, -0.2) is 0 Å². The predicted molar refractivity (Wildman–Crippen MR) is 67.4 cm³/mol. The molecule has 0 bridgehead atoms. The zero-order chi connectivity index (χ0) is 14.6. The number of halogens is 3. The Kier molecular flexibility index (Phi) is 4.63. The molecule has 0 fully saturated rings. The average molecular weight is 275 g/mol. The summed E-state index contributed by atoms with van der Waals surface area (Å²) in [6.07, 6.45) is -4.56. The van der Waals surface area contributed by atoms with Crippen molar-refractivity contribution in [2.24, 2.45) is 16.8 Å². The predicted octanol–water partition coefficient (Wildman–Crippen LogP) is 2.36. The lowest BCUT2D eigenvalue weighted by atomic mass is 10.1. The van der Waals surface area contributed by atoms with Gasteiger partial charge in [0.15, 0.2) is 5.84 Å². The van der Waals surface area contributed by atoms with Crippen LogP contribution < -0.4 is 10.6 Å². The zero-order valence-corrected chi connectivity index (χ0v) is 10.6. The van der Waals surface area contributed by atoms with Gasteiger partial charge in [-0.05, 0) is 19.1 Å². The van der Waals surface area contributed by atoms with E-state index in [2.05, 4.69) is 5.16 Å². The van der Waals surface area contributed by atoms with Crippen LogP contribution in [0.1, 0.15) is 5.56 Å². The molecule has 1 unspecified atom stereocenters. The molecule has 0 heterocycles. The summed E-state index contributed by atoms with van der Waals surface area (Å²) in [5.74, 6) is -2.85. The molecule has 19 heavy (non-hydrogen) atoms. The number of hydrogen-bond donors (Lipinski definition) is 2. The minimum absolute atomic E-state index is 0.414. The molecule has 0 saturated heterocycles. The molecule has 1 aromatic rings. The van der Waals surface area contributed by atoms with Gasteiger partial charge in [-0.3, -0.25) is 0 Å². The smallest absolute Gasteiger partial charge is 0.400 e. The molecule has 0 saturated carbocycles. The van der Waals surface area contributed by atoms with Crippen LogP contribution in [-0.2, 0) is 0 Å². The molecule has 0 aliphatic rings. The second kappa shape index (κ2) is 5.81. The topological polar surface area (TPSA) is 61.8 Å². The van der Waals surface area contributed by atoms with Gasteiger partial charge in [-0.2, -0.15) is 13.2 Å². The third-order valence-electron chi connectivity index (χ3n) is 2.80. The molecule has 4 nitrogen and oxygen atoms in total. The summed E-state index contributed by atoms with van der Waals surface area (Å²) in [6, 6.07) is 7.04. The van der Waals surface area contributed by atoms with Crippen molar-refractivity contribution < 1.29 is 18.4 Å². The fraction of sp³-hybridized carbons (Fsp3) is 0.417. The van der Waals surface area contributed by atoms with Gasteiger partial charge >= 0.3 is 6.18 Å². The van der Waals surface area contributed by atoms with Crippen molar-refractivity contribution in [3.05, 3.63) is 29.8 Å². The van der Waals surface area contributed by atoms with Crippen LogP contribution in [0.15, 0.2) is 29.4 Å². The summed E-state index contributed by atoms with van der Waals surface area (Å²) in [5, 5.41) is 10.9. The Balaban J connectivity index is 2.88. The van der Waals surface area contributed by atoms with Crippen molar-refractivity contribution in [2.45, 2.75) is 13.1 Å². The summed E-state index contributed by atoms with van der Waals surface area (Å²) in [5.41, 5.74) is 6.75. The number of rotatable bonds is 4. The van der Waals surface area contributed by atoms with Crippen molar-refractivity contribution in [3.8, 4) is 0 Å². The van der Waals surface area contributed by atoms with Crippen LogP contribution in [0, 0.1) is 12.8 Å². The van der Waals surface area contributed by atoms with Gasteiger partial charge in [0.1, 0.15) is 5.92 Å². The molecule has 0 aliphatic carbocycles. The van der Waals surface area contributed by atoms with Crippen LogP contribution in [0.5, 0.6) is 0 Å². The molecule has 3 N–H and O–H groups in total. The van der Waals surface area contributed by atoms with Crippen LogP contribution >= 0.6 is 0 Å². The molecule has 0 amide bonds. The van der Waals surface area contributed by atoms with Gasteiger partial charge in [-0.15, -0.1) is 0 Å². The Morgan fingerprint density at radius 2 is 1.89 bits per heavy atom. The molecule has 1 aromatic carbocycles. The molecule has 7 heteroatoms. The lowest BCUT2D eigenvalue weighted by Crippen LogP contribution is -2.43. The molecule has 106 valence electrons. The van der Waals surface area contributed by atoms with Crippen LogP contribution in [0.25, 0.3) is 0 Å². The van der Waals surface area contributed by atoms with E-state index in [0.29, 0.717) is 5.69 Å². The van der Waals surface area contributed by atoms with Gasteiger partial charge in [0.2, 0.25) is 0 Å². The molecule has 0 aromatic heterocycles. The number of oxime groups is 1. The Labute approximate surface area is 109 Å². The first-order chi connectivity index (χ1) is 8.75. The molecule has 0 radical (unpaired) electrons. The third-order valence-corrected chi connectivity index (χ3v) is 2.80. The summed E-state index contributed by atoms with van der Waals surface area (Å²) in [4.78, 5) is 1.41. The van der Waals surface area contributed by atoms with Crippen LogP contribution in [0.3, 0.4) is 0 Å². The van der Waals surface area contributed by atoms with Crippen LogP contribution in [0.4, 0.5) is 18.9 Å². The maximum atomic E-state index is 12.8. The fourth-order valence-electron chi connectivity index (χ4n) is 1.61. The molecule has 1 rings (SSSR count). The highest BCUT2D eigenvalue weighted by Crippen LogP contribution is 2.28. The minimum Gasteiger partial charge on any atom is -0.409 e. The zero-order valence-electron chi connectivity index (χ0n) is 10.6. The fourth-order valence-corrected chi connectivity index (χ4v) is 1.61. The summed E-state index contributed by atoms with van der Waals surface area (Å²) >= 11 is 0. The largest absolute Gasteiger partial charge is 0.409 e. The monoisotopic (exact) mass is 275 g/mol. The highest BCUT2D eigenvalue weighted by Gasteiger charge is 2.43. The Morgan fingerprint density at radius 1 is 1.37 bits per heavy atom. The maximum absolute atomic E-state index is 12.8. The van der Waals surface area contributed by atoms with E-state index in [0.717, 1.165) is 5.56 Å². The quantitative estimate of drug-likeness (QED) is 0.384. The van der Waals surface area contributed by atoms with Crippen molar-refractivity contribution in [3.63, 3.8) is 0 Å². The second-order valence-corrected chi connectivity index (χ2v) is 4.34. The lowest BCUT2D eigenvalue weighted by Gasteiger charge is -2.26. The molecule has 1 atom stereocenters. The number of nitrogens with two attached hydrogens (primary N) is 1. The van der Waals surface area contributed by atoms with E-state index < -0.39 is 24.5 Å². The summed E-state index contributed by atoms with van der Waals surface area (Å²) in [6.45, 7) is 1.47. The Hall–Kier alpha value is -1.92. The van der Waals surface area contributed by atoms with E-state index in [1.165, 1.54) is 11.9 Å². The first kappa shape index (κ1) is 15.1. The van der Waals surface area contributed by atoms with Gasteiger partial charge in [0.05, 0.1) is 0 Å². The molecular weight excluding hydrogens is 259 g/mol. The van der Waals surface area contributed by atoms with E-state index in [1.807, 2.05) is 6.92 Å². The third kappa shape index (κ3) is 4.04. The molecule has 0 aliphatic heterocycles. The summed E-state index contributed by atoms with van der Waals surface area (Å²) in [7, 11) is 1.52. The standard InChI is InChI=1S/C12H16F3N3O/c1-8-3-5-9(6-4-8)18(2)7-10(11(16)17-19)12(13,14)15/h3-6,10,19H,7H2,1-2H3,(H2,16,17). The van der Waals surface area contributed by atoms with Gasteiger partial charge in [-0.1, -0.05) is 22.9 Å². The van der Waals surface area contributed by atoms with Crippen molar-refractivity contribution in [1.82, 2.24) is 0 Å². The molecular formula is C12H16F3N3O. The van der Waals surface area contributed by atoms with Crippen LogP contribution in [-0.4, -0.2) is 30.8 Å². The number of anilines is 1. The van der Waals surface area contributed by atoms with Gasteiger partial charge in [0.25, 0.3) is 0 Å². The minimum atomic E-state index is -4.56. The van der Waals surface area contributed by atoms with Gasteiger partial charge in [0, 0.05) is 19.3 Å². The lowest BCUT2D eigenvalue weighted by molar-refractivity contribution is -0.153. The number of benzene rings is 1. The molecule has 0 spiro atoms.